The molecule has 7 aliphatic rings. The fourth-order valence-corrected chi connectivity index (χ4v) is 16.6. The number of carbonyl (C=O) groups is 14. The van der Waals surface area contributed by atoms with Crippen LogP contribution in [-0.2, 0) is 67.1 Å². The molecular formula is C76H128N16O18. The molecule has 0 spiro atoms. The molecule has 0 bridgehead atoms. The van der Waals surface area contributed by atoms with Gasteiger partial charge in [-0.2, -0.15) is 0 Å². The molecule has 0 radical (unpaired) electrons. The molecule has 4 aliphatic heterocycles. The van der Waals surface area contributed by atoms with Crippen LogP contribution in [0.2, 0.25) is 0 Å². The highest BCUT2D eigenvalue weighted by atomic mass is 16.3. The summed E-state index contributed by atoms with van der Waals surface area (Å²) in [4.78, 5) is 202. The highest BCUT2D eigenvalue weighted by Gasteiger charge is 2.47. The summed E-state index contributed by atoms with van der Waals surface area (Å²) in [5.74, 6) is -12.0. The monoisotopic (exact) mass is 1550 g/mol. The van der Waals surface area contributed by atoms with Gasteiger partial charge in [-0.15, -0.1) is 0 Å². The summed E-state index contributed by atoms with van der Waals surface area (Å²) >= 11 is 0. The lowest BCUT2D eigenvalue weighted by Crippen LogP contribution is -2.64. The van der Waals surface area contributed by atoms with E-state index in [0.29, 0.717) is 96.4 Å². The summed E-state index contributed by atoms with van der Waals surface area (Å²) in [7, 11) is 0. The zero-order valence-electron chi connectivity index (χ0n) is 65.9. The van der Waals surface area contributed by atoms with Crippen LogP contribution in [0.3, 0.4) is 0 Å². The minimum absolute atomic E-state index is 0.0170. The van der Waals surface area contributed by atoms with Gasteiger partial charge in [-0.25, -0.2) is 0 Å². The van der Waals surface area contributed by atoms with E-state index in [2.05, 4.69) is 74.4 Å². The number of carbonyl (C=O) groups excluding carboxylic acids is 14. The molecule has 16 atom stereocenters. The molecule has 4 saturated heterocycles. The van der Waals surface area contributed by atoms with Gasteiger partial charge in [0.2, 0.25) is 82.7 Å². The van der Waals surface area contributed by atoms with Crippen molar-refractivity contribution in [2.24, 2.45) is 40.7 Å². The molecule has 34 nitrogen and oxygen atoms in total. The summed E-state index contributed by atoms with van der Waals surface area (Å²) in [6.07, 6.45) is 5.26. The van der Waals surface area contributed by atoms with E-state index in [-0.39, 0.29) is 101 Å². The number of fused-ring (bicyclic) bond motifs is 2. The first-order valence-electron chi connectivity index (χ1n) is 40.3. The van der Waals surface area contributed by atoms with Gasteiger partial charge in [-0.1, -0.05) is 40.0 Å². The van der Waals surface area contributed by atoms with Crippen molar-refractivity contribution < 1.29 is 87.5 Å². The van der Waals surface area contributed by atoms with E-state index in [1.54, 1.807) is 20.8 Å². The van der Waals surface area contributed by atoms with Gasteiger partial charge in [0, 0.05) is 26.4 Å². The Balaban J connectivity index is 1.19. The topological polar surface area (TPSA) is 518 Å². The minimum Gasteiger partial charge on any atom is -0.393 e. The lowest BCUT2D eigenvalue weighted by Gasteiger charge is -2.36. The molecule has 7 fully saturated rings. The van der Waals surface area contributed by atoms with Gasteiger partial charge in [0.25, 0.3) is 0 Å². The third-order valence-electron chi connectivity index (χ3n) is 23.2. The number of nitrogens with zero attached hydrogens (tertiary/aromatic N) is 1. The van der Waals surface area contributed by atoms with Crippen LogP contribution in [0, 0.1) is 35.0 Å². The molecule has 34 heteroatoms. The molecular weight excluding hydrogens is 1420 g/mol. The maximum Gasteiger partial charge on any atom is 0.245 e. The molecule has 3 saturated carbocycles. The van der Waals surface area contributed by atoms with Gasteiger partial charge in [-0.05, 0) is 224 Å². The van der Waals surface area contributed by atoms with Crippen LogP contribution in [-0.4, -0.2) is 237 Å². The molecule has 7 rings (SSSR count). The van der Waals surface area contributed by atoms with Crippen molar-refractivity contribution in [1.82, 2.24) is 79.3 Å². The van der Waals surface area contributed by atoms with E-state index < -0.39 is 190 Å². The first kappa shape index (κ1) is 89.5. The Morgan fingerprint density at radius 2 is 1.13 bits per heavy atom. The van der Waals surface area contributed by atoms with Crippen molar-refractivity contribution in [3.05, 3.63) is 0 Å². The number of aliphatic hydroxyl groups is 4. The molecule has 4 heterocycles. The molecule has 3 unspecified atom stereocenters. The Morgan fingerprint density at radius 3 is 1.73 bits per heavy atom. The van der Waals surface area contributed by atoms with E-state index >= 15 is 4.79 Å². The van der Waals surface area contributed by atoms with Gasteiger partial charge in [0.05, 0.1) is 30.6 Å². The van der Waals surface area contributed by atoms with Crippen LogP contribution in [0.1, 0.15) is 229 Å². The minimum atomic E-state index is -1.82. The lowest BCUT2D eigenvalue weighted by molar-refractivity contribution is -0.144. The highest BCUT2D eigenvalue weighted by molar-refractivity contribution is 6.00. The Bertz CT molecular complexity index is 3200. The Labute approximate surface area is 645 Å². The van der Waals surface area contributed by atoms with Crippen LogP contribution < -0.4 is 80.2 Å². The first-order chi connectivity index (χ1) is 51.9. The number of aliphatic hydroxyl groups excluding tert-OH is 4. The van der Waals surface area contributed by atoms with Gasteiger partial charge >= 0.3 is 0 Å². The second-order valence-corrected chi connectivity index (χ2v) is 33.7. The predicted molar refractivity (Wildman–Crippen MR) is 403 cm³/mol. The maximum absolute atomic E-state index is 15.2. The van der Waals surface area contributed by atoms with E-state index in [9.17, 15) is 82.8 Å². The van der Waals surface area contributed by atoms with Gasteiger partial charge in [0.1, 0.15) is 72.0 Å². The summed E-state index contributed by atoms with van der Waals surface area (Å²) in [6, 6.07) is -15.2. The zero-order chi connectivity index (χ0) is 80.9. The summed E-state index contributed by atoms with van der Waals surface area (Å²) in [5, 5.41) is 83.0. The van der Waals surface area contributed by atoms with Crippen molar-refractivity contribution in [1.29, 1.82) is 0 Å². The van der Waals surface area contributed by atoms with Gasteiger partial charge < -0.3 is 105 Å². The third-order valence-corrected chi connectivity index (χ3v) is 23.2. The van der Waals surface area contributed by atoms with E-state index in [1.165, 1.54) is 46.4 Å². The number of hydrogen-bond donors (Lipinski definition) is 19. The summed E-state index contributed by atoms with van der Waals surface area (Å²) in [5.41, 5.74) is 2.93. The molecule has 3 aliphatic carbocycles. The summed E-state index contributed by atoms with van der Waals surface area (Å²) in [6.45, 7) is 14.3. The normalized spacial score (nSPS) is 34.0. The van der Waals surface area contributed by atoms with E-state index in [4.69, 9.17) is 5.73 Å². The number of hydrogen-bond acceptors (Lipinski definition) is 20. The fraction of sp³-hybridized carbons (Fsp3) is 0.816. The predicted octanol–water partition coefficient (Wildman–Crippen LogP) is -2.08. The SMILES string of the molecule is CC(=O)N[C@H]1CCCC(=O)NCCCC[C@@H](C(N)=O)NC(=O)[C@H]([C@@H](C)O)NC(=O)[C@H](C2CCCCC2)NC(=O)[C@H](CC2CCC(O)CC2)NC(=O)[C@H](C)NC(=O)C(C)(C)NC(=O)[C@H](CC2CNC3NCCCC23)NC(=O)[C@H]([C@@H](C)O)NC(=O)[C@@H]2CCCN2C(=O)[C@H](CC2CCC(O)CC2)NC(=O)[C@H](C(C)(C)C)NC1=O. The molecule has 20 N–H and O–H groups in total. The maximum atomic E-state index is 15.2. The lowest BCUT2D eigenvalue weighted by atomic mass is 9.82. The van der Waals surface area contributed by atoms with Crippen LogP contribution >= 0.6 is 0 Å². The van der Waals surface area contributed by atoms with Crippen molar-refractivity contribution in [2.75, 3.05) is 26.2 Å². The first-order valence-corrected chi connectivity index (χ1v) is 40.3. The molecule has 0 aromatic heterocycles. The van der Waals surface area contributed by atoms with Gasteiger partial charge in [-0.3, -0.25) is 67.1 Å². The zero-order valence-corrected chi connectivity index (χ0v) is 65.9. The molecule has 0 aromatic rings. The van der Waals surface area contributed by atoms with E-state index in [0.717, 1.165) is 25.8 Å². The number of rotatable bonds is 11. The number of amides is 14. The average Bonchev–Trinajstić information content (AvgIpc) is 1.56. The average molecular weight is 1550 g/mol. The molecule has 0 aromatic carbocycles. The number of nitrogens with one attached hydrogen (secondary N) is 14. The molecule has 14 amide bonds. The van der Waals surface area contributed by atoms with Crippen molar-refractivity contribution in [3.63, 3.8) is 0 Å². The van der Waals surface area contributed by atoms with Crippen LogP contribution in [0.4, 0.5) is 0 Å². The fourth-order valence-electron chi connectivity index (χ4n) is 16.6. The van der Waals surface area contributed by atoms with Crippen LogP contribution in [0.15, 0.2) is 0 Å². The Kier molecular flexibility index (Phi) is 34.0. The largest absolute Gasteiger partial charge is 0.393 e. The third kappa shape index (κ3) is 26.5. The van der Waals surface area contributed by atoms with Gasteiger partial charge in [0.15, 0.2) is 0 Å². The number of nitrogens with two attached hydrogens (primary N) is 1. The highest BCUT2D eigenvalue weighted by Crippen LogP contribution is 2.35. The Morgan fingerprint density at radius 1 is 0.555 bits per heavy atom. The summed E-state index contributed by atoms with van der Waals surface area (Å²) < 4.78 is 0. The van der Waals surface area contributed by atoms with Crippen molar-refractivity contribution in [3.8, 4) is 0 Å². The van der Waals surface area contributed by atoms with Crippen molar-refractivity contribution >= 4 is 82.7 Å². The Hall–Kier alpha value is -7.66. The number of piperidine rings is 1. The molecule has 620 valence electrons. The molecule has 110 heavy (non-hydrogen) atoms. The quantitative estimate of drug-likeness (QED) is 0.106. The standard InChI is InChI=1S/C76H128N16O18/c1-40-64(100)84-53(36-44-25-29-48(96)30-26-44)66(102)89-60(46-18-11-10-12-19-46)71(107)88-59(42(3)94)69(105)83-51(62(77)99)21-13-14-33-78-57(98)24-15-22-52(82-43(4)95)65(101)90-61(75(5,6)7)72(108)86-55(37-45-27-31-49(97)32-28-45)73(109)92-35-17-23-56(92)68(104)87-58(41(2)93)70(106)85-54(67(103)91-76(8,9)74(110)81-40)38-47-39-80-63-50(47)20-16-34-79-63/h40-42,44-56,58-61,63,79-80,93-94,96-97H,10-39H2,1-9H3,(H2,77,99)(H,78,98)(H,81,110)(H,82,95)(H,83,105)(H,84,100)(H,85,106)(H,86,108)(H,87,104)(H,88,107)(H,89,102)(H,90,101)(H,91,103)/t40-,41+,42+,44?,45?,47?,48?,49?,50?,51-,52-,53-,54-,55-,56-,58-,59-,60-,61+,63?/m0/s1. The second-order valence-electron chi connectivity index (χ2n) is 33.7. The van der Waals surface area contributed by atoms with Crippen LogP contribution in [0.5, 0.6) is 0 Å². The van der Waals surface area contributed by atoms with Crippen LogP contribution in [0.25, 0.3) is 0 Å². The smallest absolute Gasteiger partial charge is 0.245 e. The van der Waals surface area contributed by atoms with E-state index in [1.807, 2.05) is 0 Å². The number of primary amides is 1. The second kappa shape index (κ2) is 41.7. The van der Waals surface area contributed by atoms with Crippen molar-refractivity contribution in [2.45, 2.75) is 332 Å².